The monoisotopic (exact) mass is 206 g/mol. The van der Waals surface area contributed by atoms with Gasteiger partial charge in [-0.25, -0.2) is 0 Å². The molecule has 82 valence electrons. The maximum absolute atomic E-state index is 9.40. The predicted molar refractivity (Wildman–Crippen MR) is 65.0 cm³/mol. The number of hydrogen-bond acceptors (Lipinski definition) is 2. The summed E-state index contributed by atoms with van der Waals surface area (Å²) in [5, 5.41) is 5.45. The molecular weight excluding hydrogens is 188 g/mol. The van der Waals surface area contributed by atoms with E-state index in [-0.39, 0.29) is 0 Å². The van der Waals surface area contributed by atoms with Crippen LogP contribution >= 0.6 is 0 Å². The molecule has 0 bridgehead atoms. The predicted octanol–water partition coefficient (Wildman–Crippen LogP) is 1.96. The van der Waals surface area contributed by atoms with Crippen LogP contribution in [0.5, 0.6) is 0 Å². The Morgan fingerprint density at radius 1 is 1.33 bits per heavy atom. The van der Waals surface area contributed by atoms with Gasteiger partial charge in [-0.1, -0.05) is 23.8 Å². The van der Waals surface area contributed by atoms with Gasteiger partial charge in [-0.2, -0.15) is 0 Å². The van der Waals surface area contributed by atoms with Crippen molar-refractivity contribution in [2.24, 2.45) is 0 Å². The van der Waals surface area contributed by atoms with Gasteiger partial charge in [0.05, 0.1) is 0 Å². The first-order chi connectivity index (χ1) is 7.24. The lowest BCUT2D eigenvalue weighted by molar-refractivity contribution is -0.109. The van der Waals surface area contributed by atoms with E-state index in [1.165, 1.54) is 11.3 Å². The third-order valence-corrected chi connectivity index (χ3v) is 1.69. The number of aryl methyl sites for hydroxylation is 1. The molecule has 3 nitrogen and oxygen atoms in total. The molecule has 0 unspecified atom stereocenters. The van der Waals surface area contributed by atoms with Crippen molar-refractivity contribution in [3.63, 3.8) is 0 Å². The average Bonchev–Trinajstić information content (AvgIpc) is 2.28. The molecule has 0 spiro atoms. The van der Waals surface area contributed by atoms with E-state index in [4.69, 9.17) is 0 Å². The van der Waals surface area contributed by atoms with Crippen LogP contribution in [0, 0.1) is 6.92 Å². The van der Waals surface area contributed by atoms with Gasteiger partial charge in [0, 0.05) is 19.3 Å². The van der Waals surface area contributed by atoms with Crippen molar-refractivity contribution < 1.29 is 4.79 Å². The Kier molecular flexibility index (Phi) is 7.77. The molecule has 1 amide bonds. The molecule has 1 rings (SSSR count). The zero-order valence-electron chi connectivity index (χ0n) is 9.29. The largest absolute Gasteiger partial charge is 0.388 e. The van der Waals surface area contributed by atoms with Crippen LogP contribution in [0.3, 0.4) is 0 Å². The van der Waals surface area contributed by atoms with Crippen LogP contribution in [0.4, 0.5) is 5.69 Å². The molecule has 0 atom stereocenters. The highest BCUT2D eigenvalue weighted by molar-refractivity contribution is 5.46. The molecule has 0 aliphatic rings. The lowest BCUT2D eigenvalue weighted by Crippen LogP contribution is -2.08. The first-order valence-electron chi connectivity index (χ1n) is 4.77. The Morgan fingerprint density at radius 2 is 1.93 bits per heavy atom. The summed E-state index contributed by atoms with van der Waals surface area (Å²) in [7, 11) is 1.92. The maximum Gasteiger partial charge on any atom is 0.207 e. The number of carbonyl (C=O) groups excluding carboxylic acids is 1. The summed E-state index contributed by atoms with van der Waals surface area (Å²) in [4.78, 5) is 9.40. The SMILES string of the molecule is C=CCNC=O.CNc1ccc(C)cc1. The number of nitrogens with one attached hydrogen (secondary N) is 2. The number of hydrogen-bond donors (Lipinski definition) is 2. The molecule has 0 aromatic heterocycles. The van der Waals surface area contributed by atoms with E-state index >= 15 is 0 Å². The summed E-state index contributed by atoms with van der Waals surface area (Å²) < 4.78 is 0. The molecule has 1 aromatic carbocycles. The van der Waals surface area contributed by atoms with Gasteiger partial charge in [-0.15, -0.1) is 6.58 Å². The van der Waals surface area contributed by atoms with Gasteiger partial charge in [0.25, 0.3) is 0 Å². The topological polar surface area (TPSA) is 41.1 Å². The zero-order valence-corrected chi connectivity index (χ0v) is 9.29. The number of benzene rings is 1. The lowest BCUT2D eigenvalue weighted by Gasteiger charge is -1.97. The molecule has 0 aliphatic heterocycles. The Morgan fingerprint density at radius 3 is 2.27 bits per heavy atom. The third-order valence-electron chi connectivity index (χ3n) is 1.69. The van der Waals surface area contributed by atoms with Crippen LogP contribution in [0.25, 0.3) is 0 Å². The van der Waals surface area contributed by atoms with E-state index in [2.05, 4.69) is 48.4 Å². The summed E-state index contributed by atoms with van der Waals surface area (Å²) >= 11 is 0. The zero-order chi connectivity index (χ0) is 11.5. The van der Waals surface area contributed by atoms with E-state index in [0.29, 0.717) is 13.0 Å². The quantitative estimate of drug-likeness (QED) is 0.449. The average molecular weight is 206 g/mol. The van der Waals surface area contributed by atoms with Gasteiger partial charge in [0.1, 0.15) is 0 Å². The maximum atomic E-state index is 9.40. The van der Waals surface area contributed by atoms with E-state index in [1.807, 2.05) is 7.05 Å². The van der Waals surface area contributed by atoms with Crippen LogP contribution in [0.1, 0.15) is 5.56 Å². The number of anilines is 1. The fourth-order valence-corrected chi connectivity index (χ4v) is 0.852. The molecular formula is C12H18N2O. The third kappa shape index (κ3) is 7.31. The molecule has 0 saturated carbocycles. The minimum atomic E-state index is 0.559. The lowest BCUT2D eigenvalue weighted by atomic mass is 10.2. The summed E-state index contributed by atoms with van der Waals surface area (Å²) in [6, 6.07) is 8.31. The van der Waals surface area contributed by atoms with Crippen molar-refractivity contribution in [3.8, 4) is 0 Å². The molecule has 0 heterocycles. The Labute approximate surface area is 91.2 Å². The van der Waals surface area contributed by atoms with Gasteiger partial charge in [-0.05, 0) is 19.1 Å². The summed E-state index contributed by atoms with van der Waals surface area (Å²) in [6.45, 7) is 6.02. The minimum absolute atomic E-state index is 0.559. The fraction of sp³-hybridized carbons (Fsp3) is 0.250. The van der Waals surface area contributed by atoms with Crippen molar-refractivity contribution >= 4 is 12.1 Å². The van der Waals surface area contributed by atoms with Crippen molar-refractivity contribution in [1.82, 2.24) is 5.32 Å². The second kappa shape index (κ2) is 8.81. The fourth-order valence-electron chi connectivity index (χ4n) is 0.852. The Balaban J connectivity index is 0.000000288. The Hall–Kier alpha value is -1.77. The van der Waals surface area contributed by atoms with Crippen molar-refractivity contribution in [2.75, 3.05) is 18.9 Å². The van der Waals surface area contributed by atoms with Crippen molar-refractivity contribution in [1.29, 1.82) is 0 Å². The highest BCUT2D eigenvalue weighted by Crippen LogP contribution is 2.06. The van der Waals surface area contributed by atoms with Gasteiger partial charge in [0.2, 0.25) is 6.41 Å². The van der Waals surface area contributed by atoms with E-state index < -0.39 is 0 Å². The molecule has 0 radical (unpaired) electrons. The minimum Gasteiger partial charge on any atom is -0.388 e. The molecule has 0 saturated heterocycles. The second-order valence-electron chi connectivity index (χ2n) is 2.93. The molecule has 3 heteroatoms. The summed E-state index contributed by atoms with van der Waals surface area (Å²) in [5.74, 6) is 0. The van der Waals surface area contributed by atoms with E-state index in [9.17, 15) is 4.79 Å². The summed E-state index contributed by atoms with van der Waals surface area (Å²) in [5.41, 5.74) is 2.47. The summed E-state index contributed by atoms with van der Waals surface area (Å²) in [6.07, 6.45) is 2.26. The first-order valence-corrected chi connectivity index (χ1v) is 4.77. The van der Waals surface area contributed by atoms with Crippen LogP contribution in [0.15, 0.2) is 36.9 Å². The molecule has 0 aliphatic carbocycles. The smallest absolute Gasteiger partial charge is 0.207 e. The second-order valence-corrected chi connectivity index (χ2v) is 2.93. The molecule has 2 N–H and O–H groups in total. The Bertz CT molecular complexity index is 272. The van der Waals surface area contributed by atoms with E-state index in [1.54, 1.807) is 6.08 Å². The number of carbonyl (C=O) groups is 1. The number of rotatable bonds is 4. The van der Waals surface area contributed by atoms with Gasteiger partial charge >= 0.3 is 0 Å². The first kappa shape index (κ1) is 13.2. The highest BCUT2D eigenvalue weighted by atomic mass is 16.1. The van der Waals surface area contributed by atoms with Crippen LogP contribution in [0.2, 0.25) is 0 Å². The van der Waals surface area contributed by atoms with Gasteiger partial charge < -0.3 is 10.6 Å². The normalized spacial score (nSPS) is 8.13. The number of amides is 1. The van der Waals surface area contributed by atoms with Gasteiger partial charge in [0.15, 0.2) is 0 Å². The van der Waals surface area contributed by atoms with Crippen LogP contribution in [-0.4, -0.2) is 20.0 Å². The standard InChI is InChI=1S/C8H11N.C4H7NO/c1-7-3-5-8(9-2)6-4-7;1-2-3-5-4-6/h3-6,9H,1-2H3;2,4H,1,3H2,(H,5,6). The van der Waals surface area contributed by atoms with E-state index in [0.717, 1.165) is 0 Å². The highest BCUT2D eigenvalue weighted by Gasteiger charge is 1.83. The molecule has 0 fully saturated rings. The molecule has 15 heavy (non-hydrogen) atoms. The van der Waals surface area contributed by atoms with Crippen molar-refractivity contribution in [3.05, 3.63) is 42.5 Å². The van der Waals surface area contributed by atoms with Crippen LogP contribution < -0.4 is 10.6 Å². The van der Waals surface area contributed by atoms with Crippen LogP contribution in [-0.2, 0) is 4.79 Å². The molecule has 1 aromatic rings. The van der Waals surface area contributed by atoms with Gasteiger partial charge in [-0.3, -0.25) is 4.79 Å². The van der Waals surface area contributed by atoms with Crippen molar-refractivity contribution in [2.45, 2.75) is 6.92 Å².